The Kier molecular flexibility index (Phi) is 5.36. The number of hydrogen-bond donors (Lipinski definition) is 2. The smallest absolute Gasteiger partial charge is 0.330 e. The molecule has 2 N–H and O–H groups in total. The van der Waals surface area contributed by atoms with Gasteiger partial charge in [-0.1, -0.05) is 37.3 Å². The van der Waals surface area contributed by atoms with E-state index in [1.54, 1.807) is 37.4 Å². The number of amides is 2. The van der Waals surface area contributed by atoms with Crippen molar-refractivity contribution < 1.29 is 14.7 Å². The third kappa shape index (κ3) is 3.98. The molecule has 0 spiro atoms. The summed E-state index contributed by atoms with van der Waals surface area (Å²) in [4.78, 5) is 24.8. The molecule has 5 heteroatoms. The van der Waals surface area contributed by atoms with E-state index in [0.717, 1.165) is 6.42 Å². The summed E-state index contributed by atoms with van der Waals surface area (Å²) in [6.45, 7) is 3.89. The van der Waals surface area contributed by atoms with E-state index in [4.69, 9.17) is 0 Å². The monoisotopic (exact) mass is 264 g/mol. The zero-order valence-electron chi connectivity index (χ0n) is 11.5. The molecule has 2 amide bonds. The van der Waals surface area contributed by atoms with Crippen LogP contribution in [0.5, 0.6) is 0 Å². The number of carboxylic acid groups (broad SMARTS) is 1. The van der Waals surface area contributed by atoms with Crippen LogP contribution in [-0.4, -0.2) is 35.1 Å². The van der Waals surface area contributed by atoms with Crippen LogP contribution in [-0.2, 0) is 4.79 Å². The van der Waals surface area contributed by atoms with Gasteiger partial charge in [-0.2, -0.15) is 0 Å². The summed E-state index contributed by atoms with van der Waals surface area (Å²) >= 11 is 0. The fourth-order valence-electron chi connectivity index (χ4n) is 1.63. The average Bonchev–Trinajstić information content (AvgIpc) is 2.43. The lowest BCUT2D eigenvalue weighted by atomic mass is 10.1. The van der Waals surface area contributed by atoms with Gasteiger partial charge in [-0.3, -0.25) is 0 Å². The zero-order valence-corrected chi connectivity index (χ0v) is 11.5. The van der Waals surface area contributed by atoms with E-state index < -0.39 is 12.0 Å². The van der Waals surface area contributed by atoms with Crippen molar-refractivity contribution in [2.75, 3.05) is 7.05 Å². The largest absolute Gasteiger partial charge is 0.479 e. The number of nitrogens with one attached hydrogen (secondary N) is 1. The molecule has 1 aromatic rings. The van der Waals surface area contributed by atoms with Crippen LogP contribution >= 0.6 is 0 Å². The first-order valence-electron chi connectivity index (χ1n) is 6.28. The van der Waals surface area contributed by atoms with Gasteiger partial charge in [0.05, 0.1) is 0 Å². The Balaban J connectivity index is 2.81. The van der Waals surface area contributed by atoms with Crippen molar-refractivity contribution in [1.82, 2.24) is 10.2 Å². The van der Waals surface area contributed by atoms with E-state index in [1.165, 1.54) is 4.90 Å². The Bertz CT molecular complexity index is 434. The molecule has 19 heavy (non-hydrogen) atoms. The van der Waals surface area contributed by atoms with Gasteiger partial charge in [-0.05, 0) is 18.9 Å². The Hall–Kier alpha value is -2.04. The normalized spacial score (nSPS) is 13.4. The zero-order chi connectivity index (χ0) is 14.4. The van der Waals surface area contributed by atoms with Crippen LogP contribution in [0.4, 0.5) is 4.79 Å². The Labute approximate surface area is 113 Å². The SMILES string of the molecule is CCC(C)N(C)C(=O)N[C@@H](C(=O)O)c1ccccc1. The average molecular weight is 264 g/mol. The number of carboxylic acids is 1. The second kappa shape index (κ2) is 6.78. The molecule has 2 atom stereocenters. The maximum atomic E-state index is 12.0. The topological polar surface area (TPSA) is 69.6 Å². The molecule has 0 aromatic heterocycles. The third-order valence-electron chi connectivity index (χ3n) is 3.22. The number of carbonyl (C=O) groups is 2. The molecule has 0 bridgehead atoms. The quantitative estimate of drug-likeness (QED) is 0.857. The molecule has 1 aromatic carbocycles. The number of hydrogen-bond acceptors (Lipinski definition) is 2. The molecule has 0 fully saturated rings. The van der Waals surface area contributed by atoms with E-state index in [-0.39, 0.29) is 12.1 Å². The van der Waals surface area contributed by atoms with Crippen LogP contribution in [0.15, 0.2) is 30.3 Å². The van der Waals surface area contributed by atoms with Gasteiger partial charge in [0.15, 0.2) is 6.04 Å². The van der Waals surface area contributed by atoms with Gasteiger partial charge < -0.3 is 15.3 Å². The molecule has 1 rings (SSSR count). The molecule has 0 heterocycles. The fourth-order valence-corrected chi connectivity index (χ4v) is 1.63. The molecule has 0 aliphatic carbocycles. The lowest BCUT2D eigenvalue weighted by Gasteiger charge is -2.26. The van der Waals surface area contributed by atoms with Gasteiger partial charge >= 0.3 is 12.0 Å². The predicted molar refractivity (Wildman–Crippen MR) is 72.9 cm³/mol. The molecule has 1 unspecified atom stereocenters. The molecule has 0 saturated carbocycles. The molecule has 0 radical (unpaired) electrons. The minimum Gasteiger partial charge on any atom is -0.479 e. The lowest BCUT2D eigenvalue weighted by Crippen LogP contribution is -2.45. The second-order valence-corrected chi connectivity index (χ2v) is 4.50. The number of rotatable bonds is 5. The first-order chi connectivity index (χ1) is 8.97. The van der Waals surface area contributed by atoms with Crippen LogP contribution in [0.3, 0.4) is 0 Å². The van der Waals surface area contributed by atoms with Gasteiger partial charge in [-0.25, -0.2) is 9.59 Å². The molecule has 5 nitrogen and oxygen atoms in total. The Morgan fingerprint density at radius 1 is 1.32 bits per heavy atom. The van der Waals surface area contributed by atoms with Crippen molar-refractivity contribution in [3.63, 3.8) is 0 Å². The highest BCUT2D eigenvalue weighted by molar-refractivity contribution is 5.83. The van der Waals surface area contributed by atoms with Crippen molar-refractivity contribution in [3.05, 3.63) is 35.9 Å². The van der Waals surface area contributed by atoms with Crippen LogP contribution < -0.4 is 5.32 Å². The predicted octanol–water partition coefficient (Wildman–Crippen LogP) is 2.25. The molecular weight excluding hydrogens is 244 g/mol. The van der Waals surface area contributed by atoms with E-state index in [2.05, 4.69) is 5.32 Å². The van der Waals surface area contributed by atoms with Crippen molar-refractivity contribution in [3.8, 4) is 0 Å². The summed E-state index contributed by atoms with van der Waals surface area (Å²) in [6.07, 6.45) is 0.812. The second-order valence-electron chi connectivity index (χ2n) is 4.50. The number of carbonyl (C=O) groups excluding carboxylic acids is 1. The van der Waals surface area contributed by atoms with Crippen LogP contribution in [0.2, 0.25) is 0 Å². The van der Waals surface area contributed by atoms with Crippen LogP contribution in [0.1, 0.15) is 31.9 Å². The number of benzene rings is 1. The fraction of sp³-hybridized carbons (Fsp3) is 0.429. The molecule has 104 valence electrons. The first-order valence-corrected chi connectivity index (χ1v) is 6.28. The number of aliphatic carboxylic acids is 1. The summed E-state index contributed by atoms with van der Waals surface area (Å²) in [7, 11) is 1.66. The Morgan fingerprint density at radius 3 is 2.37 bits per heavy atom. The van der Waals surface area contributed by atoms with Gasteiger partial charge in [0.2, 0.25) is 0 Å². The standard InChI is InChI=1S/C14H20N2O3/c1-4-10(2)16(3)14(19)15-12(13(17)18)11-8-6-5-7-9-11/h5-10,12H,4H2,1-3H3,(H,15,19)(H,17,18)/t10?,12-/m1/s1. The van der Waals surface area contributed by atoms with Crippen LogP contribution in [0.25, 0.3) is 0 Å². The van der Waals surface area contributed by atoms with Gasteiger partial charge in [0.25, 0.3) is 0 Å². The highest BCUT2D eigenvalue weighted by Gasteiger charge is 2.24. The van der Waals surface area contributed by atoms with E-state index in [9.17, 15) is 14.7 Å². The summed E-state index contributed by atoms with van der Waals surface area (Å²) in [5.74, 6) is -1.07. The summed E-state index contributed by atoms with van der Waals surface area (Å²) in [5.41, 5.74) is 0.556. The molecule has 0 aliphatic heterocycles. The highest BCUT2D eigenvalue weighted by atomic mass is 16.4. The van der Waals surface area contributed by atoms with E-state index in [1.807, 2.05) is 13.8 Å². The van der Waals surface area contributed by atoms with Gasteiger partial charge in [0.1, 0.15) is 0 Å². The Morgan fingerprint density at radius 2 is 1.89 bits per heavy atom. The molecule has 0 saturated heterocycles. The lowest BCUT2D eigenvalue weighted by molar-refractivity contribution is -0.139. The van der Waals surface area contributed by atoms with Crippen molar-refractivity contribution in [2.24, 2.45) is 0 Å². The van der Waals surface area contributed by atoms with Gasteiger partial charge in [0, 0.05) is 13.1 Å². The molecular formula is C14H20N2O3. The first kappa shape index (κ1) is 15.0. The van der Waals surface area contributed by atoms with Crippen LogP contribution in [0, 0.1) is 0 Å². The minimum absolute atomic E-state index is 0.0604. The van der Waals surface area contributed by atoms with Crippen molar-refractivity contribution in [2.45, 2.75) is 32.4 Å². The summed E-state index contributed by atoms with van der Waals surface area (Å²) in [6, 6.07) is 7.31. The summed E-state index contributed by atoms with van der Waals surface area (Å²) < 4.78 is 0. The molecule has 0 aliphatic rings. The maximum absolute atomic E-state index is 12.0. The number of urea groups is 1. The van der Waals surface area contributed by atoms with E-state index >= 15 is 0 Å². The number of nitrogens with zero attached hydrogens (tertiary/aromatic N) is 1. The van der Waals surface area contributed by atoms with Crippen molar-refractivity contribution in [1.29, 1.82) is 0 Å². The summed E-state index contributed by atoms with van der Waals surface area (Å²) in [5, 5.41) is 11.8. The third-order valence-corrected chi connectivity index (χ3v) is 3.22. The highest BCUT2D eigenvalue weighted by Crippen LogP contribution is 2.13. The van der Waals surface area contributed by atoms with E-state index in [0.29, 0.717) is 5.56 Å². The minimum atomic E-state index is -1.07. The maximum Gasteiger partial charge on any atom is 0.330 e. The van der Waals surface area contributed by atoms with Gasteiger partial charge in [-0.15, -0.1) is 0 Å². The van der Waals surface area contributed by atoms with Crippen molar-refractivity contribution >= 4 is 12.0 Å².